The highest BCUT2D eigenvalue weighted by molar-refractivity contribution is 6.35. The Bertz CT molecular complexity index is 1110. The first-order valence-electron chi connectivity index (χ1n) is 10.6. The molecule has 7 heteroatoms. The molecule has 0 saturated carbocycles. The van der Waals surface area contributed by atoms with E-state index in [1.807, 2.05) is 48.5 Å². The minimum absolute atomic E-state index is 0.162. The van der Waals surface area contributed by atoms with Gasteiger partial charge >= 0.3 is 0 Å². The second-order valence-corrected chi connectivity index (χ2v) is 8.92. The van der Waals surface area contributed by atoms with Crippen molar-refractivity contribution in [3.8, 4) is 0 Å². The number of nitrogens with one attached hydrogen (secondary N) is 1. The van der Waals surface area contributed by atoms with Crippen LogP contribution in [0.4, 0.5) is 0 Å². The van der Waals surface area contributed by atoms with Gasteiger partial charge in [-0.15, -0.1) is 0 Å². The SMILES string of the molecule is CNC(=O)C(Cc1ccccc1)N(Cc1ccc(Cl)cc1Cl)C(=O)CCc1ccccc1Cl. The van der Waals surface area contributed by atoms with Crippen LogP contribution in [-0.2, 0) is 29.0 Å². The van der Waals surface area contributed by atoms with Gasteiger partial charge in [-0.05, 0) is 41.3 Å². The standard InChI is InChI=1S/C26H25Cl3N2O2/c1-30-26(33)24(15-18-7-3-2-4-8-18)31(17-20-11-13-21(27)16-23(20)29)25(32)14-12-19-9-5-6-10-22(19)28/h2-11,13,16,24H,12,14-15,17H2,1H3,(H,30,33). The summed E-state index contributed by atoms with van der Waals surface area (Å²) in [6.45, 7) is 0.183. The Hall–Kier alpha value is -2.53. The average Bonchev–Trinajstić information content (AvgIpc) is 2.82. The van der Waals surface area contributed by atoms with Crippen molar-refractivity contribution in [1.29, 1.82) is 0 Å². The van der Waals surface area contributed by atoms with Gasteiger partial charge in [0.2, 0.25) is 11.8 Å². The Morgan fingerprint density at radius 1 is 0.879 bits per heavy atom. The molecule has 2 amide bonds. The van der Waals surface area contributed by atoms with Crippen molar-refractivity contribution in [1.82, 2.24) is 10.2 Å². The lowest BCUT2D eigenvalue weighted by Crippen LogP contribution is -2.49. The molecule has 3 aromatic rings. The van der Waals surface area contributed by atoms with Crippen molar-refractivity contribution in [2.24, 2.45) is 0 Å². The maximum atomic E-state index is 13.5. The Balaban J connectivity index is 1.91. The summed E-state index contributed by atoms with van der Waals surface area (Å²) < 4.78 is 0. The first-order valence-corrected chi connectivity index (χ1v) is 11.7. The molecule has 1 unspecified atom stereocenters. The maximum Gasteiger partial charge on any atom is 0.242 e. The Labute approximate surface area is 209 Å². The van der Waals surface area contributed by atoms with Crippen LogP contribution in [0.2, 0.25) is 15.1 Å². The van der Waals surface area contributed by atoms with E-state index in [-0.39, 0.29) is 24.8 Å². The number of rotatable bonds is 9. The number of carbonyl (C=O) groups is 2. The molecule has 0 radical (unpaired) electrons. The highest BCUT2D eigenvalue weighted by atomic mass is 35.5. The van der Waals surface area contributed by atoms with Gasteiger partial charge in [0.1, 0.15) is 6.04 Å². The molecule has 1 atom stereocenters. The predicted octanol–water partition coefficient (Wildman–Crippen LogP) is 5.97. The number of aryl methyl sites for hydroxylation is 1. The first-order chi connectivity index (χ1) is 15.9. The van der Waals surface area contributed by atoms with Crippen molar-refractivity contribution < 1.29 is 9.59 Å². The zero-order chi connectivity index (χ0) is 23.8. The molecule has 0 fully saturated rings. The summed E-state index contributed by atoms with van der Waals surface area (Å²) in [6.07, 6.45) is 1.05. The first kappa shape index (κ1) is 25.1. The molecule has 0 aromatic heterocycles. The van der Waals surface area contributed by atoms with E-state index in [2.05, 4.69) is 5.32 Å². The molecular weight excluding hydrogens is 479 g/mol. The number of carbonyl (C=O) groups excluding carboxylic acids is 2. The highest BCUT2D eigenvalue weighted by Gasteiger charge is 2.30. The maximum absolute atomic E-state index is 13.5. The van der Waals surface area contributed by atoms with E-state index in [0.29, 0.717) is 33.5 Å². The van der Waals surface area contributed by atoms with Gasteiger partial charge < -0.3 is 10.2 Å². The fourth-order valence-electron chi connectivity index (χ4n) is 3.64. The fourth-order valence-corrected chi connectivity index (χ4v) is 4.34. The molecule has 0 aliphatic carbocycles. The molecule has 3 aromatic carbocycles. The minimum atomic E-state index is -0.706. The Morgan fingerprint density at radius 3 is 2.24 bits per heavy atom. The lowest BCUT2D eigenvalue weighted by atomic mass is 10.0. The third-order valence-corrected chi connectivity index (χ3v) is 6.40. The molecule has 0 aliphatic rings. The number of benzene rings is 3. The third-order valence-electron chi connectivity index (χ3n) is 5.44. The van der Waals surface area contributed by atoms with E-state index in [1.54, 1.807) is 36.2 Å². The summed E-state index contributed by atoms with van der Waals surface area (Å²) in [5.41, 5.74) is 2.56. The zero-order valence-electron chi connectivity index (χ0n) is 18.2. The van der Waals surface area contributed by atoms with Gasteiger partial charge in [0.15, 0.2) is 0 Å². The van der Waals surface area contributed by atoms with Crippen LogP contribution in [0.15, 0.2) is 72.8 Å². The van der Waals surface area contributed by atoms with Crippen molar-refractivity contribution in [3.63, 3.8) is 0 Å². The van der Waals surface area contributed by atoms with E-state index in [4.69, 9.17) is 34.8 Å². The summed E-state index contributed by atoms with van der Waals surface area (Å²) >= 11 is 18.7. The van der Waals surface area contributed by atoms with Gasteiger partial charge in [-0.1, -0.05) is 89.4 Å². The van der Waals surface area contributed by atoms with Crippen molar-refractivity contribution in [2.45, 2.75) is 31.8 Å². The monoisotopic (exact) mass is 502 g/mol. The second kappa shape index (κ2) is 12.1. The van der Waals surface area contributed by atoms with Crippen LogP contribution in [0, 0.1) is 0 Å². The number of nitrogens with zero attached hydrogens (tertiary/aromatic N) is 1. The van der Waals surface area contributed by atoms with Crippen LogP contribution in [0.3, 0.4) is 0 Å². The summed E-state index contributed by atoms with van der Waals surface area (Å²) in [6, 6.07) is 21.5. The average molecular weight is 504 g/mol. The molecule has 0 bridgehead atoms. The topological polar surface area (TPSA) is 49.4 Å². The van der Waals surface area contributed by atoms with Crippen molar-refractivity contribution in [3.05, 3.63) is 105 Å². The third kappa shape index (κ3) is 6.97. The van der Waals surface area contributed by atoms with Crippen LogP contribution in [0.25, 0.3) is 0 Å². The quantitative estimate of drug-likeness (QED) is 0.391. The van der Waals surface area contributed by atoms with Gasteiger partial charge in [-0.3, -0.25) is 9.59 Å². The second-order valence-electron chi connectivity index (χ2n) is 7.67. The van der Waals surface area contributed by atoms with Gasteiger partial charge in [0, 0.05) is 41.5 Å². The number of amides is 2. The predicted molar refractivity (Wildman–Crippen MR) is 135 cm³/mol. The van der Waals surface area contributed by atoms with E-state index >= 15 is 0 Å². The van der Waals surface area contributed by atoms with Crippen LogP contribution in [0.1, 0.15) is 23.1 Å². The molecule has 4 nitrogen and oxygen atoms in total. The van der Waals surface area contributed by atoms with E-state index < -0.39 is 6.04 Å². The van der Waals surface area contributed by atoms with Crippen LogP contribution in [0.5, 0.6) is 0 Å². The minimum Gasteiger partial charge on any atom is -0.357 e. The molecule has 3 rings (SSSR count). The van der Waals surface area contributed by atoms with Gasteiger partial charge in [-0.2, -0.15) is 0 Å². The highest BCUT2D eigenvalue weighted by Crippen LogP contribution is 2.25. The largest absolute Gasteiger partial charge is 0.357 e. The molecule has 172 valence electrons. The number of hydrogen-bond donors (Lipinski definition) is 1. The summed E-state index contributed by atoms with van der Waals surface area (Å²) in [5.74, 6) is -0.402. The Kier molecular flexibility index (Phi) is 9.19. The van der Waals surface area contributed by atoms with Crippen LogP contribution in [-0.4, -0.2) is 29.8 Å². The lowest BCUT2D eigenvalue weighted by molar-refractivity contribution is -0.141. The number of hydrogen-bond acceptors (Lipinski definition) is 2. The number of likely N-dealkylation sites (N-methyl/N-ethyl adjacent to an activating group) is 1. The summed E-state index contributed by atoms with van der Waals surface area (Å²) in [7, 11) is 1.57. The molecule has 0 aliphatic heterocycles. The molecular formula is C26H25Cl3N2O2. The van der Waals surface area contributed by atoms with Gasteiger partial charge in [0.25, 0.3) is 0 Å². The van der Waals surface area contributed by atoms with E-state index in [1.165, 1.54) is 0 Å². The molecule has 33 heavy (non-hydrogen) atoms. The van der Waals surface area contributed by atoms with Gasteiger partial charge in [-0.25, -0.2) is 0 Å². The van der Waals surface area contributed by atoms with Crippen molar-refractivity contribution >= 4 is 46.6 Å². The molecule has 0 spiro atoms. The summed E-state index contributed by atoms with van der Waals surface area (Å²) in [5, 5.41) is 4.27. The van der Waals surface area contributed by atoms with Crippen LogP contribution < -0.4 is 5.32 Å². The molecule has 1 N–H and O–H groups in total. The smallest absolute Gasteiger partial charge is 0.242 e. The Morgan fingerprint density at radius 2 is 1.58 bits per heavy atom. The van der Waals surface area contributed by atoms with Gasteiger partial charge in [0.05, 0.1) is 0 Å². The fraction of sp³-hybridized carbons (Fsp3) is 0.231. The lowest BCUT2D eigenvalue weighted by Gasteiger charge is -2.31. The molecule has 0 saturated heterocycles. The van der Waals surface area contributed by atoms with Crippen LogP contribution >= 0.6 is 34.8 Å². The number of halogens is 3. The zero-order valence-corrected chi connectivity index (χ0v) is 20.5. The normalized spacial score (nSPS) is 11.6. The van der Waals surface area contributed by atoms with E-state index in [0.717, 1.165) is 11.1 Å². The van der Waals surface area contributed by atoms with E-state index in [9.17, 15) is 9.59 Å². The summed E-state index contributed by atoms with van der Waals surface area (Å²) in [4.78, 5) is 28.0. The molecule has 0 heterocycles. The van der Waals surface area contributed by atoms with Crippen molar-refractivity contribution in [2.75, 3.05) is 7.05 Å².